The zero-order valence-electron chi connectivity index (χ0n) is 9.30. The first kappa shape index (κ1) is 10.4. The second-order valence-electron chi connectivity index (χ2n) is 3.76. The third-order valence-electron chi connectivity index (χ3n) is 2.50. The Kier molecular flexibility index (Phi) is 2.42. The van der Waals surface area contributed by atoms with Crippen molar-refractivity contribution in [3.63, 3.8) is 0 Å². The lowest BCUT2D eigenvalue weighted by Crippen LogP contribution is -1.95. The molecule has 2 aromatic heterocycles. The lowest BCUT2D eigenvalue weighted by molar-refractivity contribution is 0.561. The molecule has 0 radical (unpaired) electrons. The maximum atomic E-state index is 5.55. The van der Waals surface area contributed by atoms with Crippen molar-refractivity contribution in [2.24, 2.45) is 5.73 Å². The number of aromatic nitrogens is 2. The van der Waals surface area contributed by atoms with E-state index >= 15 is 0 Å². The summed E-state index contributed by atoms with van der Waals surface area (Å²) in [6.45, 7) is 2.32. The van der Waals surface area contributed by atoms with E-state index in [0.29, 0.717) is 12.4 Å². The second kappa shape index (κ2) is 3.94. The third-order valence-corrected chi connectivity index (χ3v) is 3.44. The van der Waals surface area contributed by atoms with E-state index < -0.39 is 0 Å². The fourth-order valence-corrected chi connectivity index (χ4v) is 2.54. The molecule has 0 aliphatic carbocycles. The Morgan fingerprint density at radius 2 is 2.24 bits per heavy atom. The standard InChI is InChI=1S/C12H11N3OS/c1-7-14-10-3-2-8(4-11(10)16-7)12-15-9(5-13)6-17-12/h2-4,6H,5,13H2,1H3. The SMILES string of the molecule is Cc1nc2ccc(-c3nc(CN)cs3)cc2o1. The highest BCUT2D eigenvalue weighted by Crippen LogP contribution is 2.27. The van der Waals surface area contributed by atoms with Gasteiger partial charge in [0.15, 0.2) is 11.5 Å². The number of oxazole rings is 1. The van der Waals surface area contributed by atoms with Crippen molar-refractivity contribution < 1.29 is 4.42 Å². The number of thiazole rings is 1. The van der Waals surface area contributed by atoms with Crippen LogP contribution in [0.4, 0.5) is 0 Å². The largest absolute Gasteiger partial charge is 0.441 e. The molecule has 86 valence electrons. The van der Waals surface area contributed by atoms with Crippen molar-refractivity contribution in [2.45, 2.75) is 13.5 Å². The summed E-state index contributed by atoms with van der Waals surface area (Å²) in [5, 5.41) is 2.94. The summed E-state index contributed by atoms with van der Waals surface area (Å²) in [5.41, 5.74) is 9.18. The Balaban J connectivity index is 2.10. The minimum atomic E-state index is 0.472. The fourth-order valence-electron chi connectivity index (χ4n) is 1.71. The van der Waals surface area contributed by atoms with E-state index in [1.165, 1.54) is 0 Å². The molecule has 0 unspecified atom stereocenters. The van der Waals surface area contributed by atoms with Crippen LogP contribution in [0.3, 0.4) is 0 Å². The molecule has 1 aromatic carbocycles. The number of hydrogen-bond acceptors (Lipinski definition) is 5. The molecule has 0 aliphatic heterocycles. The van der Waals surface area contributed by atoms with Gasteiger partial charge in [-0.2, -0.15) is 0 Å². The quantitative estimate of drug-likeness (QED) is 0.754. The Hall–Kier alpha value is -1.72. The van der Waals surface area contributed by atoms with Gasteiger partial charge in [-0.25, -0.2) is 9.97 Å². The maximum absolute atomic E-state index is 5.55. The lowest BCUT2D eigenvalue weighted by atomic mass is 10.2. The first-order valence-electron chi connectivity index (χ1n) is 5.28. The first-order chi connectivity index (χ1) is 8.26. The molecule has 0 aliphatic rings. The molecule has 0 spiro atoms. The molecule has 4 nitrogen and oxygen atoms in total. The Morgan fingerprint density at radius 3 is 3.00 bits per heavy atom. The highest BCUT2D eigenvalue weighted by Gasteiger charge is 2.07. The van der Waals surface area contributed by atoms with E-state index in [2.05, 4.69) is 9.97 Å². The van der Waals surface area contributed by atoms with Gasteiger partial charge in [-0.1, -0.05) is 0 Å². The molecule has 0 bridgehead atoms. The average Bonchev–Trinajstić information content (AvgIpc) is 2.92. The lowest BCUT2D eigenvalue weighted by Gasteiger charge is -1.94. The van der Waals surface area contributed by atoms with Crippen LogP contribution in [0.2, 0.25) is 0 Å². The van der Waals surface area contributed by atoms with Crippen LogP contribution in [-0.4, -0.2) is 9.97 Å². The summed E-state index contributed by atoms with van der Waals surface area (Å²) >= 11 is 1.59. The molecular weight excluding hydrogens is 234 g/mol. The molecule has 2 heterocycles. The predicted molar refractivity (Wildman–Crippen MR) is 67.7 cm³/mol. The molecule has 3 rings (SSSR count). The number of fused-ring (bicyclic) bond motifs is 1. The van der Waals surface area contributed by atoms with Gasteiger partial charge in [0.2, 0.25) is 0 Å². The van der Waals surface area contributed by atoms with Crippen molar-refractivity contribution in [1.29, 1.82) is 0 Å². The van der Waals surface area contributed by atoms with Gasteiger partial charge >= 0.3 is 0 Å². The molecular formula is C12H11N3OS. The van der Waals surface area contributed by atoms with E-state index in [1.54, 1.807) is 11.3 Å². The fraction of sp³-hybridized carbons (Fsp3) is 0.167. The summed E-state index contributed by atoms with van der Waals surface area (Å²) < 4.78 is 5.50. The van der Waals surface area contributed by atoms with Crippen LogP contribution < -0.4 is 5.73 Å². The van der Waals surface area contributed by atoms with Gasteiger partial charge in [0, 0.05) is 24.4 Å². The first-order valence-corrected chi connectivity index (χ1v) is 6.16. The normalized spacial score (nSPS) is 11.2. The number of benzene rings is 1. The van der Waals surface area contributed by atoms with Crippen molar-refractivity contribution in [3.05, 3.63) is 35.2 Å². The Labute approximate surface area is 102 Å². The summed E-state index contributed by atoms with van der Waals surface area (Å²) in [5.74, 6) is 0.680. The Morgan fingerprint density at radius 1 is 1.35 bits per heavy atom. The molecule has 0 saturated heterocycles. The monoisotopic (exact) mass is 245 g/mol. The van der Waals surface area contributed by atoms with Crippen LogP contribution in [0.5, 0.6) is 0 Å². The van der Waals surface area contributed by atoms with Gasteiger partial charge in [0.1, 0.15) is 10.5 Å². The zero-order chi connectivity index (χ0) is 11.8. The number of rotatable bonds is 2. The highest BCUT2D eigenvalue weighted by atomic mass is 32.1. The molecule has 5 heteroatoms. The predicted octanol–water partition coefficient (Wildman–Crippen LogP) is 2.72. The minimum Gasteiger partial charge on any atom is -0.441 e. The van der Waals surface area contributed by atoms with E-state index in [9.17, 15) is 0 Å². The molecule has 3 aromatic rings. The van der Waals surface area contributed by atoms with Crippen LogP contribution in [0.25, 0.3) is 21.7 Å². The van der Waals surface area contributed by atoms with Crippen LogP contribution in [0, 0.1) is 6.92 Å². The van der Waals surface area contributed by atoms with Crippen LogP contribution in [0.1, 0.15) is 11.6 Å². The Bertz CT molecular complexity index is 671. The van der Waals surface area contributed by atoms with Gasteiger partial charge < -0.3 is 10.2 Å². The summed E-state index contributed by atoms with van der Waals surface area (Å²) in [7, 11) is 0. The molecule has 0 amide bonds. The summed E-state index contributed by atoms with van der Waals surface area (Å²) in [4.78, 5) is 8.71. The molecule has 17 heavy (non-hydrogen) atoms. The van der Waals surface area contributed by atoms with E-state index in [-0.39, 0.29) is 0 Å². The number of hydrogen-bond donors (Lipinski definition) is 1. The summed E-state index contributed by atoms with van der Waals surface area (Å²) in [6.07, 6.45) is 0. The van der Waals surface area contributed by atoms with Crippen molar-refractivity contribution >= 4 is 22.4 Å². The van der Waals surface area contributed by atoms with Gasteiger partial charge in [-0.3, -0.25) is 0 Å². The van der Waals surface area contributed by atoms with E-state index in [0.717, 1.165) is 27.4 Å². The van der Waals surface area contributed by atoms with Crippen molar-refractivity contribution in [1.82, 2.24) is 9.97 Å². The van der Waals surface area contributed by atoms with Gasteiger partial charge in [0.25, 0.3) is 0 Å². The van der Waals surface area contributed by atoms with Crippen molar-refractivity contribution in [2.75, 3.05) is 0 Å². The van der Waals surface area contributed by atoms with Gasteiger partial charge in [-0.05, 0) is 18.2 Å². The maximum Gasteiger partial charge on any atom is 0.192 e. The zero-order valence-corrected chi connectivity index (χ0v) is 10.1. The second-order valence-corrected chi connectivity index (χ2v) is 4.62. The average molecular weight is 245 g/mol. The molecule has 0 atom stereocenters. The van der Waals surface area contributed by atoms with Crippen LogP contribution >= 0.6 is 11.3 Å². The molecule has 0 fully saturated rings. The van der Waals surface area contributed by atoms with Gasteiger partial charge in [-0.15, -0.1) is 11.3 Å². The number of nitrogens with two attached hydrogens (primary N) is 1. The van der Waals surface area contributed by atoms with Gasteiger partial charge in [0.05, 0.1) is 5.69 Å². The smallest absolute Gasteiger partial charge is 0.192 e. The topological polar surface area (TPSA) is 64.9 Å². The van der Waals surface area contributed by atoms with E-state index in [4.69, 9.17) is 10.2 Å². The van der Waals surface area contributed by atoms with E-state index in [1.807, 2.05) is 30.5 Å². The minimum absolute atomic E-state index is 0.472. The summed E-state index contributed by atoms with van der Waals surface area (Å²) in [6, 6.07) is 5.92. The third kappa shape index (κ3) is 1.83. The number of nitrogens with zero attached hydrogens (tertiary/aromatic N) is 2. The number of aryl methyl sites for hydroxylation is 1. The van der Waals surface area contributed by atoms with Crippen LogP contribution in [-0.2, 0) is 6.54 Å². The molecule has 2 N–H and O–H groups in total. The highest BCUT2D eigenvalue weighted by molar-refractivity contribution is 7.13. The van der Waals surface area contributed by atoms with Crippen molar-refractivity contribution in [3.8, 4) is 10.6 Å². The molecule has 0 saturated carbocycles. The van der Waals surface area contributed by atoms with Crippen LogP contribution in [0.15, 0.2) is 28.0 Å².